The number of hydrogen-bond donors (Lipinski definition) is 2. The zero-order valence-corrected chi connectivity index (χ0v) is 12.0. The molecule has 2 rings (SSSR count). The minimum absolute atomic E-state index is 0.181. The van der Waals surface area contributed by atoms with Gasteiger partial charge in [0, 0.05) is 16.4 Å². The van der Waals surface area contributed by atoms with Gasteiger partial charge in [-0.3, -0.25) is 0 Å². The molecule has 96 valence electrons. The first-order valence-electron chi connectivity index (χ1n) is 6.17. The summed E-state index contributed by atoms with van der Waals surface area (Å²) in [5, 5.41) is 5.64. The Kier molecular flexibility index (Phi) is 4.42. The lowest BCUT2D eigenvalue weighted by Crippen LogP contribution is -2.24. The van der Waals surface area contributed by atoms with Crippen molar-refractivity contribution in [3.05, 3.63) is 40.0 Å². The van der Waals surface area contributed by atoms with Gasteiger partial charge in [-0.1, -0.05) is 21.5 Å². The minimum Gasteiger partial charge on any atom is -0.314 e. The van der Waals surface area contributed by atoms with Gasteiger partial charge in [0.1, 0.15) is 0 Å². The second-order valence-electron chi connectivity index (χ2n) is 4.57. The Hall–Kier alpha value is -1.29. The number of allylic oxidation sites excluding steroid dienone is 1. The number of carbonyl (C=O) groups excluding carboxylic acids is 1. The average Bonchev–Trinajstić information content (AvgIpc) is 2.83. The highest BCUT2D eigenvalue weighted by Crippen LogP contribution is 2.23. The molecular formula is C14H17BrN2O. The lowest BCUT2D eigenvalue weighted by molar-refractivity contribution is 0.255. The van der Waals surface area contributed by atoms with E-state index in [0.717, 1.165) is 28.6 Å². The van der Waals surface area contributed by atoms with Crippen molar-refractivity contribution in [2.75, 3.05) is 5.32 Å². The normalized spacial score (nSPS) is 14.4. The molecule has 3 nitrogen and oxygen atoms in total. The summed E-state index contributed by atoms with van der Waals surface area (Å²) in [6.07, 6.45) is 6.54. The van der Waals surface area contributed by atoms with Gasteiger partial charge in [0.25, 0.3) is 0 Å². The van der Waals surface area contributed by atoms with Gasteiger partial charge >= 0.3 is 6.03 Å². The van der Waals surface area contributed by atoms with Crippen LogP contribution in [-0.2, 0) is 0 Å². The van der Waals surface area contributed by atoms with Gasteiger partial charge in [-0.15, -0.1) is 0 Å². The molecule has 4 heteroatoms. The Labute approximate surface area is 116 Å². The molecule has 1 aromatic rings. The van der Waals surface area contributed by atoms with Crippen molar-refractivity contribution in [3.63, 3.8) is 0 Å². The van der Waals surface area contributed by atoms with Gasteiger partial charge in [0.15, 0.2) is 0 Å². The first-order valence-corrected chi connectivity index (χ1v) is 6.96. The van der Waals surface area contributed by atoms with Gasteiger partial charge in [-0.25, -0.2) is 4.79 Å². The van der Waals surface area contributed by atoms with Gasteiger partial charge in [0.2, 0.25) is 0 Å². The standard InChI is InChI=1S/C14H17BrN2O/c1-10-8-12(15)6-7-13(10)17-14(18)16-9-11-4-2-3-5-11/h6-9H,2-5H2,1H3,(H2,16,17,18). The monoisotopic (exact) mass is 308 g/mol. The Morgan fingerprint density at radius 3 is 2.72 bits per heavy atom. The summed E-state index contributed by atoms with van der Waals surface area (Å²) in [7, 11) is 0. The second-order valence-corrected chi connectivity index (χ2v) is 5.48. The number of rotatable bonds is 2. The summed E-state index contributed by atoms with van der Waals surface area (Å²) in [6, 6.07) is 5.60. The number of carbonyl (C=O) groups is 1. The highest BCUT2D eigenvalue weighted by atomic mass is 79.9. The van der Waals surface area contributed by atoms with Gasteiger partial charge in [-0.05, 0) is 56.4 Å². The number of urea groups is 1. The van der Waals surface area contributed by atoms with Crippen molar-refractivity contribution >= 4 is 27.6 Å². The molecule has 0 unspecified atom stereocenters. The smallest absolute Gasteiger partial charge is 0.314 e. The summed E-state index contributed by atoms with van der Waals surface area (Å²) in [5.74, 6) is 0. The molecule has 0 heterocycles. The number of halogens is 1. The van der Waals surface area contributed by atoms with E-state index in [0.29, 0.717) is 0 Å². The van der Waals surface area contributed by atoms with Crippen LogP contribution < -0.4 is 10.6 Å². The molecule has 2 amide bonds. The fraction of sp³-hybridized carbons (Fsp3) is 0.357. The minimum atomic E-state index is -0.181. The molecule has 1 saturated carbocycles. The van der Waals surface area contributed by atoms with Crippen molar-refractivity contribution in [2.24, 2.45) is 0 Å². The molecule has 0 spiro atoms. The van der Waals surface area contributed by atoms with E-state index in [2.05, 4.69) is 26.6 Å². The molecule has 1 aliphatic carbocycles. The third kappa shape index (κ3) is 3.60. The first-order chi connectivity index (χ1) is 8.65. The highest BCUT2D eigenvalue weighted by molar-refractivity contribution is 9.10. The fourth-order valence-corrected chi connectivity index (χ4v) is 2.54. The van der Waals surface area contributed by atoms with E-state index in [1.807, 2.05) is 31.3 Å². The quantitative estimate of drug-likeness (QED) is 0.838. The molecule has 0 aromatic heterocycles. The zero-order valence-electron chi connectivity index (χ0n) is 10.4. The predicted molar refractivity (Wildman–Crippen MR) is 77.6 cm³/mol. The van der Waals surface area contributed by atoms with Crippen molar-refractivity contribution < 1.29 is 4.79 Å². The van der Waals surface area contributed by atoms with Crippen LogP contribution in [0.5, 0.6) is 0 Å². The zero-order chi connectivity index (χ0) is 13.0. The van der Waals surface area contributed by atoms with Crippen molar-refractivity contribution in [1.29, 1.82) is 0 Å². The molecule has 1 fully saturated rings. The van der Waals surface area contributed by atoms with Crippen molar-refractivity contribution in [3.8, 4) is 0 Å². The van der Waals surface area contributed by atoms with Crippen molar-refractivity contribution in [1.82, 2.24) is 5.32 Å². The topological polar surface area (TPSA) is 41.1 Å². The summed E-state index contributed by atoms with van der Waals surface area (Å²) >= 11 is 3.40. The van der Waals surface area contributed by atoms with Crippen LogP contribution in [0.4, 0.5) is 10.5 Å². The molecule has 2 N–H and O–H groups in total. The number of anilines is 1. The number of amides is 2. The lowest BCUT2D eigenvalue weighted by atomic mass is 10.2. The Bertz CT molecular complexity index is 475. The molecule has 18 heavy (non-hydrogen) atoms. The lowest BCUT2D eigenvalue weighted by Gasteiger charge is -2.08. The molecule has 0 saturated heterocycles. The van der Waals surface area contributed by atoms with Gasteiger partial charge in [-0.2, -0.15) is 0 Å². The molecule has 0 aliphatic heterocycles. The Balaban J connectivity index is 1.92. The Morgan fingerprint density at radius 1 is 1.33 bits per heavy atom. The molecule has 0 atom stereocenters. The highest BCUT2D eigenvalue weighted by Gasteiger charge is 2.07. The predicted octanol–water partition coefficient (Wildman–Crippen LogP) is 4.34. The SMILES string of the molecule is Cc1cc(Br)ccc1NC(=O)NC=C1CCCC1. The van der Waals surface area contributed by atoms with Crippen LogP contribution in [0.3, 0.4) is 0 Å². The van der Waals surface area contributed by atoms with E-state index < -0.39 is 0 Å². The maximum absolute atomic E-state index is 11.7. The van der Waals surface area contributed by atoms with Crippen LogP contribution >= 0.6 is 15.9 Å². The third-order valence-corrected chi connectivity index (χ3v) is 3.58. The first kappa shape index (κ1) is 13.1. The van der Waals surface area contributed by atoms with Gasteiger partial charge < -0.3 is 10.6 Å². The molecule has 0 bridgehead atoms. The Morgan fingerprint density at radius 2 is 2.06 bits per heavy atom. The largest absolute Gasteiger partial charge is 0.323 e. The van der Waals surface area contributed by atoms with Crippen molar-refractivity contribution in [2.45, 2.75) is 32.6 Å². The average molecular weight is 309 g/mol. The van der Waals surface area contributed by atoms with E-state index >= 15 is 0 Å². The molecule has 1 aromatic carbocycles. The number of nitrogens with one attached hydrogen (secondary N) is 2. The second kappa shape index (κ2) is 6.05. The number of aryl methyl sites for hydroxylation is 1. The number of hydrogen-bond acceptors (Lipinski definition) is 1. The van der Waals surface area contributed by atoms with E-state index in [1.54, 1.807) is 0 Å². The van der Waals surface area contributed by atoms with Crippen LogP contribution in [0.25, 0.3) is 0 Å². The van der Waals surface area contributed by atoms with Crippen LogP contribution in [0.2, 0.25) is 0 Å². The van der Waals surface area contributed by atoms with E-state index in [9.17, 15) is 4.79 Å². The third-order valence-electron chi connectivity index (χ3n) is 3.09. The maximum atomic E-state index is 11.7. The summed E-state index contributed by atoms with van der Waals surface area (Å²) in [6.45, 7) is 1.97. The van der Waals surface area contributed by atoms with Crippen LogP contribution in [0, 0.1) is 6.92 Å². The van der Waals surface area contributed by atoms with Gasteiger partial charge in [0.05, 0.1) is 0 Å². The van der Waals surface area contributed by atoms with E-state index in [4.69, 9.17) is 0 Å². The van der Waals surface area contributed by atoms with Crippen LogP contribution in [0.15, 0.2) is 34.4 Å². The van der Waals surface area contributed by atoms with E-state index in [-0.39, 0.29) is 6.03 Å². The summed E-state index contributed by atoms with van der Waals surface area (Å²) in [4.78, 5) is 11.7. The van der Waals surface area contributed by atoms with E-state index in [1.165, 1.54) is 18.4 Å². The molecular weight excluding hydrogens is 292 g/mol. The molecule has 1 aliphatic rings. The fourth-order valence-electron chi connectivity index (χ4n) is 2.07. The summed E-state index contributed by atoms with van der Waals surface area (Å²) < 4.78 is 1.01. The number of benzene rings is 1. The molecule has 0 radical (unpaired) electrons. The van der Waals surface area contributed by atoms with Crippen LogP contribution in [-0.4, -0.2) is 6.03 Å². The maximum Gasteiger partial charge on any atom is 0.323 e. The summed E-state index contributed by atoms with van der Waals surface area (Å²) in [5.41, 5.74) is 3.20. The van der Waals surface area contributed by atoms with Crippen LogP contribution in [0.1, 0.15) is 31.2 Å².